The Bertz CT molecular complexity index is 637. The molecule has 1 aromatic carbocycles. The van der Waals surface area contributed by atoms with Crippen LogP contribution in [-0.2, 0) is 6.42 Å². The topological polar surface area (TPSA) is 95.1 Å². The number of rotatable bonds is 5. The van der Waals surface area contributed by atoms with Gasteiger partial charge in [0.2, 0.25) is 0 Å². The van der Waals surface area contributed by atoms with Gasteiger partial charge in [0.05, 0.1) is 11.9 Å². The molecule has 3 N–H and O–H groups in total. The van der Waals surface area contributed by atoms with Gasteiger partial charge in [-0.1, -0.05) is 12.1 Å². The number of H-pyrrole nitrogens is 1. The van der Waals surface area contributed by atoms with E-state index in [9.17, 15) is 9.59 Å². The molecule has 0 spiro atoms. The molecule has 98 valence electrons. The minimum absolute atomic E-state index is 0.217. The van der Waals surface area contributed by atoms with Crippen LogP contribution in [0, 0.1) is 0 Å². The van der Waals surface area contributed by atoms with Crippen LogP contribution < -0.4 is 10.9 Å². The summed E-state index contributed by atoms with van der Waals surface area (Å²) in [5, 5.41) is 11.9. The van der Waals surface area contributed by atoms with Crippen LogP contribution in [0.3, 0.4) is 0 Å². The van der Waals surface area contributed by atoms with Crippen LogP contribution in [-0.4, -0.2) is 27.6 Å². The Labute approximate surface area is 109 Å². The van der Waals surface area contributed by atoms with E-state index in [0.29, 0.717) is 18.8 Å². The van der Waals surface area contributed by atoms with Crippen LogP contribution in [0.15, 0.2) is 41.5 Å². The third kappa shape index (κ3) is 3.67. The molecule has 1 heterocycles. The minimum Gasteiger partial charge on any atom is -0.478 e. The van der Waals surface area contributed by atoms with Crippen molar-refractivity contribution >= 4 is 11.8 Å². The Hall–Kier alpha value is -2.63. The first-order valence-corrected chi connectivity index (χ1v) is 5.76. The molecule has 0 saturated heterocycles. The van der Waals surface area contributed by atoms with E-state index in [0.717, 1.165) is 5.56 Å². The van der Waals surface area contributed by atoms with E-state index in [1.807, 2.05) is 6.07 Å². The predicted molar refractivity (Wildman–Crippen MR) is 70.5 cm³/mol. The maximum absolute atomic E-state index is 11.0. The molecular weight excluding hydrogens is 246 g/mol. The van der Waals surface area contributed by atoms with Crippen LogP contribution in [0.2, 0.25) is 0 Å². The number of carboxylic acid groups (broad SMARTS) is 1. The number of nitrogens with zero attached hydrogens (tertiary/aromatic N) is 1. The number of carboxylic acids is 1. The highest BCUT2D eigenvalue weighted by Crippen LogP contribution is 2.06. The van der Waals surface area contributed by atoms with Crippen molar-refractivity contribution in [2.45, 2.75) is 6.42 Å². The lowest BCUT2D eigenvalue weighted by molar-refractivity contribution is 0.0697. The van der Waals surface area contributed by atoms with Gasteiger partial charge in [0.1, 0.15) is 5.82 Å². The summed E-state index contributed by atoms with van der Waals surface area (Å²) in [6.07, 6.45) is 1.98. The second-order valence-corrected chi connectivity index (χ2v) is 3.98. The lowest BCUT2D eigenvalue weighted by Crippen LogP contribution is -2.11. The fourth-order valence-electron chi connectivity index (χ4n) is 1.66. The first-order chi connectivity index (χ1) is 9.15. The van der Waals surface area contributed by atoms with Gasteiger partial charge >= 0.3 is 5.97 Å². The number of hydrogen-bond donors (Lipinski definition) is 3. The predicted octanol–water partition coefficient (Wildman–Crippen LogP) is 1.12. The molecule has 0 bridgehead atoms. The van der Waals surface area contributed by atoms with Crippen LogP contribution >= 0.6 is 0 Å². The summed E-state index contributed by atoms with van der Waals surface area (Å²) >= 11 is 0. The smallest absolute Gasteiger partial charge is 0.335 e. The molecule has 19 heavy (non-hydrogen) atoms. The summed E-state index contributed by atoms with van der Waals surface area (Å²) in [7, 11) is 0. The Morgan fingerprint density at radius 2 is 2.21 bits per heavy atom. The molecule has 0 radical (unpaired) electrons. The molecule has 0 atom stereocenters. The van der Waals surface area contributed by atoms with Crippen LogP contribution in [0.1, 0.15) is 15.9 Å². The van der Waals surface area contributed by atoms with Crippen molar-refractivity contribution in [2.75, 3.05) is 11.9 Å². The molecule has 0 aliphatic heterocycles. The molecule has 2 rings (SSSR count). The molecule has 6 heteroatoms. The second-order valence-electron chi connectivity index (χ2n) is 3.98. The van der Waals surface area contributed by atoms with E-state index < -0.39 is 5.97 Å². The molecule has 2 aromatic rings. The number of nitrogens with one attached hydrogen (secondary N) is 2. The SMILES string of the molecule is O=C(O)c1cccc(CCNc2cc(=O)[nH]cn2)c1. The van der Waals surface area contributed by atoms with E-state index in [2.05, 4.69) is 15.3 Å². The third-order valence-electron chi connectivity index (χ3n) is 2.57. The highest BCUT2D eigenvalue weighted by Gasteiger charge is 2.03. The molecule has 0 unspecified atom stereocenters. The lowest BCUT2D eigenvalue weighted by Gasteiger charge is -2.05. The summed E-state index contributed by atoms with van der Waals surface area (Å²) in [4.78, 5) is 28.2. The number of aromatic amines is 1. The van der Waals surface area contributed by atoms with Gasteiger partial charge in [-0.2, -0.15) is 0 Å². The first kappa shape index (κ1) is 12.8. The van der Waals surface area contributed by atoms with Crippen molar-refractivity contribution in [1.29, 1.82) is 0 Å². The first-order valence-electron chi connectivity index (χ1n) is 5.76. The van der Waals surface area contributed by atoms with Crippen LogP contribution in [0.5, 0.6) is 0 Å². The van der Waals surface area contributed by atoms with E-state index in [1.165, 1.54) is 12.4 Å². The third-order valence-corrected chi connectivity index (χ3v) is 2.57. The largest absolute Gasteiger partial charge is 0.478 e. The fraction of sp³-hybridized carbons (Fsp3) is 0.154. The molecule has 0 amide bonds. The standard InChI is InChI=1S/C13H13N3O3/c17-12-7-11(15-8-16-12)14-5-4-9-2-1-3-10(6-9)13(18)19/h1-3,6-8H,4-5H2,(H,18,19)(H2,14,15,16,17). The van der Waals surface area contributed by atoms with E-state index in [4.69, 9.17) is 5.11 Å². The van der Waals surface area contributed by atoms with Crippen molar-refractivity contribution in [3.8, 4) is 0 Å². The number of benzene rings is 1. The number of carbonyl (C=O) groups is 1. The quantitative estimate of drug-likeness (QED) is 0.748. The zero-order chi connectivity index (χ0) is 13.7. The Morgan fingerprint density at radius 3 is 2.95 bits per heavy atom. The lowest BCUT2D eigenvalue weighted by atomic mass is 10.1. The number of aromatic carboxylic acids is 1. The normalized spacial score (nSPS) is 10.1. The average Bonchev–Trinajstić information content (AvgIpc) is 2.39. The van der Waals surface area contributed by atoms with Gasteiger partial charge in [0.25, 0.3) is 5.56 Å². The van der Waals surface area contributed by atoms with Gasteiger partial charge in [-0.05, 0) is 24.1 Å². The Kier molecular flexibility index (Phi) is 3.92. The van der Waals surface area contributed by atoms with Gasteiger partial charge in [0, 0.05) is 12.6 Å². The zero-order valence-corrected chi connectivity index (χ0v) is 10.1. The molecule has 1 aromatic heterocycles. The summed E-state index contributed by atoms with van der Waals surface area (Å²) in [5.41, 5.74) is 0.967. The molecule has 0 saturated carbocycles. The van der Waals surface area contributed by atoms with Gasteiger partial charge < -0.3 is 15.4 Å². The van der Waals surface area contributed by atoms with Crippen LogP contribution in [0.25, 0.3) is 0 Å². The summed E-state index contributed by atoms with van der Waals surface area (Å²) in [6, 6.07) is 8.13. The molecule has 0 aliphatic carbocycles. The second kappa shape index (κ2) is 5.81. The van der Waals surface area contributed by atoms with Crippen molar-refractivity contribution in [3.05, 3.63) is 58.1 Å². The maximum Gasteiger partial charge on any atom is 0.335 e. The van der Waals surface area contributed by atoms with Crippen molar-refractivity contribution in [3.63, 3.8) is 0 Å². The molecule has 0 aliphatic rings. The minimum atomic E-state index is -0.939. The van der Waals surface area contributed by atoms with Crippen molar-refractivity contribution < 1.29 is 9.90 Å². The number of aromatic nitrogens is 2. The Morgan fingerprint density at radius 1 is 1.37 bits per heavy atom. The molecular formula is C13H13N3O3. The summed E-state index contributed by atoms with van der Waals surface area (Å²) in [5.74, 6) is -0.441. The average molecular weight is 259 g/mol. The fourth-order valence-corrected chi connectivity index (χ4v) is 1.66. The van der Waals surface area contributed by atoms with E-state index in [1.54, 1.807) is 18.2 Å². The number of hydrogen-bond acceptors (Lipinski definition) is 4. The van der Waals surface area contributed by atoms with Gasteiger partial charge in [0.15, 0.2) is 0 Å². The van der Waals surface area contributed by atoms with E-state index in [-0.39, 0.29) is 11.1 Å². The monoisotopic (exact) mass is 259 g/mol. The van der Waals surface area contributed by atoms with Gasteiger partial charge in [-0.3, -0.25) is 4.79 Å². The molecule has 6 nitrogen and oxygen atoms in total. The zero-order valence-electron chi connectivity index (χ0n) is 10.1. The van der Waals surface area contributed by atoms with E-state index >= 15 is 0 Å². The maximum atomic E-state index is 11.0. The number of anilines is 1. The highest BCUT2D eigenvalue weighted by atomic mass is 16.4. The van der Waals surface area contributed by atoms with Crippen molar-refractivity contribution in [2.24, 2.45) is 0 Å². The highest BCUT2D eigenvalue weighted by molar-refractivity contribution is 5.87. The van der Waals surface area contributed by atoms with Gasteiger partial charge in [-0.15, -0.1) is 0 Å². The molecule has 0 fully saturated rings. The Balaban J connectivity index is 1.94. The summed E-state index contributed by atoms with van der Waals surface area (Å²) in [6.45, 7) is 0.569. The van der Waals surface area contributed by atoms with Gasteiger partial charge in [-0.25, -0.2) is 9.78 Å². The van der Waals surface area contributed by atoms with Crippen LogP contribution in [0.4, 0.5) is 5.82 Å². The van der Waals surface area contributed by atoms with Crippen molar-refractivity contribution in [1.82, 2.24) is 9.97 Å². The summed E-state index contributed by atoms with van der Waals surface area (Å²) < 4.78 is 0.